The Bertz CT molecular complexity index is 768. The molecular weight excluding hydrogens is 238 g/mol. The number of aromatic amines is 1. The molecule has 2 aromatic heterocycles. The Morgan fingerprint density at radius 1 is 1.26 bits per heavy atom. The highest BCUT2D eigenvalue weighted by Gasteiger charge is 2.15. The molecule has 0 fully saturated rings. The highest BCUT2D eigenvalue weighted by Crippen LogP contribution is 2.32. The molecule has 0 radical (unpaired) electrons. The summed E-state index contributed by atoms with van der Waals surface area (Å²) < 4.78 is 0. The zero-order chi connectivity index (χ0) is 13.2. The lowest BCUT2D eigenvalue weighted by Crippen LogP contribution is -1.99. The molecule has 0 spiro atoms. The third kappa shape index (κ3) is 1.70. The summed E-state index contributed by atoms with van der Waals surface area (Å²) in [5.74, 6) is 0. The first kappa shape index (κ1) is 11.2. The Hall–Kier alpha value is -2.87. The fourth-order valence-corrected chi connectivity index (χ4v) is 2.16. The van der Waals surface area contributed by atoms with Crippen LogP contribution in [-0.4, -0.2) is 22.2 Å². The molecule has 3 aromatic rings. The third-order valence-electron chi connectivity index (χ3n) is 3.01. The van der Waals surface area contributed by atoms with E-state index in [2.05, 4.69) is 26.6 Å². The number of nitrogens with one attached hydrogen (secondary N) is 2. The van der Waals surface area contributed by atoms with Crippen LogP contribution in [0.15, 0.2) is 36.5 Å². The molecule has 1 aromatic carbocycles. The molecule has 0 unspecified atom stereocenters. The number of hydrogen-bond acceptors (Lipinski definition) is 4. The number of hydrogen-bond donors (Lipinski definition) is 2. The van der Waals surface area contributed by atoms with Crippen molar-refractivity contribution in [1.82, 2.24) is 15.2 Å². The molecule has 5 nitrogen and oxygen atoms in total. The Kier molecular flexibility index (Phi) is 2.62. The third-order valence-corrected chi connectivity index (χ3v) is 3.01. The summed E-state index contributed by atoms with van der Waals surface area (Å²) in [6, 6.07) is 11.8. The van der Waals surface area contributed by atoms with E-state index in [9.17, 15) is 5.26 Å². The van der Waals surface area contributed by atoms with Crippen molar-refractivity contribution in [1.29, 1.82) is 5.26 Å². The molecule has 3 rings (SSSR count). The number of pyridine rings is 1. The fraction of sp³-hybridized carbons (Fsp3) is 0.0714. The van der Waals surface area contributed by atoms with Crippen molar-refractivity contribution in [3.8, 4) is 17.5 Å². The zero-order valence-electron chi connectivity index (χ0n) is 10.3. The zero-order valence-corrected chi connectivity index (χ0v) is 10.3. The Morgan fingerprint density at radius 2 is 2.11 bits per heavy atom. The molecule has 0 saturated heterocycles. The average Bonchev–Trinajstić information content (AvgIpc) is 2.99. The van der Waals surface area contributed by atoms with Crippen molar-refractivity contribution in [2.75, 3.05) is 12.4 Å². The maximum Gasteiger partial charge on any atom is 0.109 e. The number of benzene rings is 1. The Morgan fingerprint density at radius 3 is 2.79 bits per heavy atom. The number of H-pyrrole nitrogens is 1. The van der Waals surface area contributed by atoms with Gasteiger partial charge < -0.3 is 5.32 Å². The number of fused-ring (bicyclic) bond motifs is 1. The van der Waals surface area contributed by atoms with Gasteiger partial charge in [0, 0.05) is 18.6 Å². The summed E-state index contributed by atoms with van der Waals surface area (Å²) in [5, 5.41) is 20.2. The van der Waals surface area contributed by atoms with Gasteiger partial charge in [-0.3, -0.25) is 5.10 Å². The SMILES string of the molecule is CNc1c(C#N)c(-c2ccn[nH]2)nc2ccccc12. The predicted molar refractivity (Wildman–Crippen MR) is 73.6 cm³/mol. The van der Waals surface area contributed by atoms with E-state index in [1.165, 1.54) is 0 Å². The van der Waals surface area contributed by atoms with Gasteiger partial charge in [-0.05, 0) is 12.1 Å². The van der Waals surface area contributed by atoms with Crippen LogP contribution in [0, 0.1) is 11.3 Å². The lowest BCUT2D eigenvalue weighted by molar-refractivity contribution is 1.09. The topological polar surface area (TPSA) is 77.4 Å². The monoisotopic (exact) mass is 249 g/mol. The van der Waals surface area contributed by atoms with Crippen LogP contribution in [-0.2, 0) is 0 Å². The van der Waals surface area contributed by atoms with Gasteiger partial charge in [-0.25, -0.2) is 4.98 Å². The first-order valence-corrected chi connectivity index (χ1v) is 5.85. The molecule has 0 bridgehead atoms. The quantitative estimate of drug-likeness (QED) is 0.731. The maximum absolute atomic E-state index is 9.42. The molecule has 0 aliphatic carbocycles. The summed E-state index contributed by atoms with van der Waals surface area (Å²) in [4.78, 5) is 4.56. The van der Waals surface area contributed by atoms with Gasteiger partial charge in [0.25, 0.3) is 0 Å². The van der Waals surface area contributed by atoms with Crippen molar-refractivity contribution < 1.29 is 0 Å². The van der Waals surface area contributed by atoms with Crippen molar-refractivity contribution in [3.05, 3.63) is 42.1 Å². The number of aromatic nitrogens is 3. The first-order chi connectivity index (χ1) is 9.35. The first-order valence-electron chi connectivity index (χ1n) is 5.85. The molecular formula is C14H11N5. The van der Waals surface area contributed by atoms with E-state index < -0.39 is 0 Å². The summed E-state index contributed by atoms with van der Waals surface area (Å²) in [5.41, 5.74) is 3.50. The van der Waals surface area contributed by atoms with Crippen LogP contribution in [0.25, 0.3) is 22.3 Å². The molecule has 0 aliphatic rings. The minimum absolute atomic E-state index is 0.519. The van der Waals surface area contributed by atoms with Crippen molar-refractivity contribution in [3.63, 3.8) is 0 Å². The van der Waals surface area contributed by atoms with Crippen molar-refractivity contribution >= 4 is 16.6 Å². The standard InChI is InChI=1S/C14H11N5/c1-16-13-9-4-2-3-5-11(9)18-14(10(13)8-15)12-6-7-17-19-12/h2-7H,1H3,(H,16,18)(H,17,19). The second kappa shape index (κ2) is 4.42. The van der Waals surface area contributed by atoms with E-state index in [-0.39, 0.29) is 0 Å². The Labute approximate surface area is 109 Å². The largest absolute Gasteiger partial charge is 0.386 e. The van der Waals surface area contributed by atoms with Crippen molar-refractivity contribution in [2.45, 2.75) is 0 Å². The summed E-state index contributed by atoms with van der Waals surface area (Å²) in [6.07, 6.45) is 1.65. The van der Waals surface area contributed by atoms with Crippen LogP contribution in [0.5, 0.6) is 0 Å². The molecule has 92 valence electrons. The highest BCUT2D eigenvalue weighted by molar-refractivity contribution is 5.97. The van der Waals surface area contributed by atoms with Gasteiger partial charge in [0.2, 0.25) is 0 Å². The van der Waals surface area contributed by atoms with Crippen LogP contribution in [0.2, 0.25) is 0 Å². The predicted octanol–water partition coefficient (Wildman–Crippen LogP) is 2.54. The van der Waals surface area contributed by atoms with E-state index in [4.69, 9.17) is 0 Å². The average molecular weight is 249 g/mol. The van der Waals surface area contributed by atoms with E-state index in [1.807, 2.05) is 24.3 Å². The molecule has 0 aliphatic heterocycles. The van der Waals surface area contributed by atoms with E-state index in [0.717, 1.165) is 22.3 Å². The lowest BCUT2D eigenvalue weighted by atomic mass is 10.0. The van der Waals surface area contributed by atoms with Crippen LogP contribution in [0.4, 0.5) is 5.69 Å². The molecule has 2 N–H and O–H groups in total. The van der Waals surface area contributed by atoms with Gasteiger partial charge in [-0.15, -0.1) is 0 Å². The Balaban J connectivity index is 2.43. The summed E-state index contributed by atoms with van der Waals surface area (Å²) in [7, 11) is 1.80. The fourth-order valence-electron chi connectivity index (χ4n) is 2.16. The molecule has 5 heteroatoms. The normalized spacial score (nSPS) is 10.3. The van der Waals surface area contributed by atoms with Gasteiger partial charge in [0.05, 0.1) is 16.9 Å². The number of nitrogens with zero attached hydrogens (tertiary/aromatic N) is 3. The number of anilines is 1. The highest BCUT2D eigenvalue weighted by atomic mass is 15.1. The van der Waals surface area contributed by atoms with Gasteiger partial charge in [-0.2, -0.15) is 10.4 Å². The molecule has 0 atom stereocenters. The van der Waals surface area contributed by atoms with Crippen molar-refractivity contribution in [2.24, 2.45) is 0 Å². The van der Waals surface area contributed by atoms with Crippen LogP contribution < -0.4 is 5.32 Å². The summed E-state index contributed by atoms with van der Waals surface area (Å²) >= 11 is 0. The molecule has 19 heavy (non-hydrogen) atoms. The number of nitriles is 1. The number of para-hydroxylation sites is 1. The van der Waals surface area contributed by atoms with Gasteiger partial charge in [0.15, 0.2) is 0 Å². The summed E-state index contributed by atoms with van der Waals surface area (Å²) in [6.45, 7) is 0. The van der Waals surface area contributed by atoms with Gasteiger partial charge in [0.1, 0.15) is 17.3 Å². The van der Waals surface area contributed by atoms with Crippen LogP contribution in [0.1, 0.15) is 5.56 Å². The molecule has 0 amide bonds. The molecule has 0 saturated carbocycles. The maximum atomic E-state index is 9.42. The molecule has 2 heterocycles. The van der Waals surface area contributed by atoms with Crippen LogP contribution in [0.3, 0.4) is 0 Å². The number of rotatable bonds is 2. The smallest absolute Gasteiger partial charge is 0.109 e. The van der Waals surface area contributed by atoms with E-state index in [1.54, 1.807) is 19.3 Å². The lowest BCUT2D eigenvalue weighted by Gasteiger charge is -2.11. The van der Waals surface area contributed by atoms with Crippen LogP contribution >= 0.6 is 0 Å². The minimum atomic E-state index is 0.519. The van der Waals surface area contributed by atoms with E-state index >= 15 is 0 Å². The van der Waals surface area contributed by atoms with Gasteiger partial charge in [-0.1, -0.05) is 18.2 Å². The van der Waals surface area contributed by atoms with Gasteiger partial charge >= 0.3 is 0 Å². The second-order valence-electron chi connectivity index (χ2n) is 4.06. The minimum Gasteiger partial charge on any atom is -0.386 e. The second-order valence-corrected chi connectivity index (χ2v) is 4.06. The van der Waals surface area contributed by atoms with E-state index in [0.29, 0.717) is 11.3 Å².